The SMILES string of the molecule is CS(=O)(=O)C1N=C(Cc2ccccc2)C([N+](=O)[O-])=C(Oc2cc(Br)cc(C#N)c2)N1N. The Morgan fingerprint density at radius 3 is 2.58 bits per heavy atom. The van der Waals surface area contributed by atoms with Gasteiger partial charge in [-0.3, -0.25) is 10.1 Å². The third-order valence-corrected chi connectivity index (χ3v) is 5.77. The van der Waals surface area contributed by atoms with Crippen LogP contribution in [0, 0.1) is 21.4 Å². The van der Waals surface area contributed by atoms with E-state index in [9.17, 15) is 18.5 Å². The summed E-state index contributed by atoms with van der Waals surface area (Å²) in [5, 5.41) is 21.7. The van der Waals surface area contributed by atoms with Crippen LogP contribution >= 0.6 is 15.9 Å². The molecule has 0 saturated heterocycles. The summed E-state index contributed by atoms with van der Waals surface area (Å²) in [6.07, 6.45) is 0.911. The molecule has 0 radical (unpaired) electrons. The zero-order valence-electron chi connectivity index (χ0n) is 16.1. The fraction of sp³-hybridized carbons (Fsp3) is 0.158. The van der Waals surface area contributed by atoms with E-state index in [-0.39, 0.29) is 23.4 Å². The van der Waals surface area contributed by atoms with E-state index in [1.54, 1.807) is 30.3 Å². The molecule has 0 aliphatic carbocycles. The maximum atomic E-state index is 12.3. The number of hydrogen-bond donors (Lipinski definition) is 1. The van der Waals surface area contributed by atoms with Crippen molar-refractivity contribution in [3.63, 3.8) is 0 Å². The number of sulfone groups is 1. The minimum absolute atomic E-state index is 0.00813. The van der Waals surface area contributed by atoms with E-state index in [0.29, 0.717) is 15.0 Å². The number of benzene rings is 2. The Labute approximate surface area is 186 Å². The van der Waals surface area contributed by atoms with Gasteiger partial charge in [-0.2, -0.15) is 5.26 Å². The third kappa shape index (κ3) is 5.08. The number of hydrogen-bond acceptors (Lipinski definition) is 9. The summed E-state index contributed by atoms with van der Waals surface area (Å²) in [6, 6.07) is 15.0. The second kappa shape index (κ2) is 8.84. The number of ether oxygens (including phenoxy) is 1. The molecule has 1 atom stereocenters. The first-order valence-electron chi connectivity index (χ1n) is 8.71. The van der Waals surface area contributed by atoms with Gasteiger partial charge in [0.1, 0.15) is 11.5 Å². The van der Waals surface area contributed by atoms with Crippen molar-refractivity contribution in [2.45, 2.75) is 11.9 Å². The molecule has 0 saturated carbocycles. The monoisotopic (exact) mass is 505 g/mol. The van der Waals surface area contributed by atoms with Gasteiger partial charge in [-0.15, -0.1) is 0 Å². The third-order valence-electron chi connectivity index (χ3n) is 4.21. The van der Waals surface area contributed by atoms with Crippen LogP contribution in [0.1, 0.15) is 11.1 Å². The highest BCUT2D eigenvalue weighted by Gasteiger charge is 2.42. The molecule has 2 aromatic carbocycles. The topological polar surface area (TPSA) is 152 Å². The molecule has 160 valence electrons. The molecule has 31 heavy (non-hydrogen) atoms. The van der Waals surface area contributed by atoms with Crippen LogP contribution in [-0.4, -0.2) is 35.8 Å². The van der Waals surface area contributed by atoms with E-state index in [1.807, 2.05) is 6.07 Å². The quantitative estimate of drug-likeness (QED) is 0.356. The molecule has 1 unspecified atom stereocenters. The minimum Gasteiger partial charge on any atom is -0.434 e. The Hall–Kier alpha value is -3.27. The molecular formula is C19H16BrN5O5S. The molecule has 0 amide bonds. The van der Waals surface area contributed by atoms with Gasteiger partial charge >= 0.3 is 5.70 Å². The average Bonchev–Trinajstić information content (AvgIpc) is 2.69. The van der Waals surface area contributed by atoms with Crippen LogP contribution in [0.4, 0.5) is 0 Å². The van der Waals surface area contributed by atoms with Gasteiger partial charge in [0.25, 0.3) is 5.88 Å². The smallest absolute Gasteiger partial charge is 0.351 e. The number of nitriles is 1. The number of nitro groups is 1. The summed E-state index contributed by atoms with van der Waals surface area (Å²) in [7, 11) is -3.88. The van der Waals surface area contributed by atoms with Crippen molar-refractivity contribution in [1.82, 2.24) is 5.01 Å². The molecule has 0 spiro atoms. The highest BCUT2D eigenvalue weighted by Crippen LogP contribution is 2.29. The second-order valence-corrected chi connectivity index (χ2v) is 9.60. The predicted molar refractivity (Wildman–Crippen MR) is 116 cm³/mol. The molecule has 0 fully saturated rings. The van der Waals surface area contributed by atoms with Crippen molar-refractivity contribution in [3.8, 4) is 11.8 Å². The highest BCUT2D eigenvalue weighted by molar-refractivity contribution is 9.10. The van der Waals surface area contributed by atoms with Gasteiger partial charge in [0.15, 0.2) is 9.84 Å². The van der Waals surface area contributed by atoms with Crippen molar-refractivity contribution in [2.75, 3.05) is 6.26 Å². The van der Waals surface area contributed by atoms with Crippen molar-refractivity contribution < 1.29 is 18.1 Å². The van der Waals surface area contributed by atoms with Crippen molar-refractivity contribution >= 4 is 31.5 Å². The Morgan fingerprint density at radius 1 is 1.32 bits per heavy atom. The summed E-state index contributed by atoms with van der Waals surface area (Å²) in [5.74, 6) is 5.49. The molecule has 1 heterocycles. The number of rotatable bonds is 6. The Kier molecular flexibility index (Phi) is 6.40. The van der Waals surface area contributed by atoms with Crippen molar-refractivity contribution in [1.29, 1.82) is 5.26 Å². The van der Waals surface area contributed by atoms with Gasteiger partial charge in [0, 0.05) is 17.1 Å². The summed E-state index contributed by atoms with van der Waals surface area (Å²) < 4.78 is 30.8. The normalized spacial score (nSPS) is 16.5. The predicted octanol–water partition coefficient (Wildman–Crippen LogP) is 2.35. The standard InChI is InChI=1S/C19H16BrN5O5S/c1-31(28,29)19-23-16(9-12-5-3-2-4-6-12)17(25(26)27)18(24(19)22)30-15-8-13(11-21)7-14(20)10-15/h2-8,10,19H,9,22H2,1H3. The van der Waals surface area contributed by atoms with E-state index in [1.165, 1.54) is 18.2 Å². The van der Waals surface area contributed by atoms with E-state index in [4.69, 9.17) is 15.8 Å². The first kappa shape index (κ1) is 22.4. The van der Waals surface area contributed by atoms with Crippen LogP contribution in [0.25, 0.3) is 0 Å². The minimum atomic E-state index is -3.88. The summed E-state index contributed by atoms with van der Waals surface area (Å²) in [6.45, 7) is 0. The van der Waals surface area contributed by atoms with Crippen LogP contribution in [0.5, 0.6) is 5.75 Å². The van der Waals surface area contributed by atoms with Gasteiger partial charge in [-0.05, 0) is 23.8 Å². The van der Waals surface area contributed by atoms with Gasteiger partial charge in [-0.25, -0.2) is 24.3 Å². The number of nitrogens with zero attached hydrogens (tertiary/aromatic N) is 4. The lowest BCUT2D eigenvalue weighted by Crippen LogP contribution is -2.50. The molecule has 0 aromatic heterocycles. The van der Waals surface area contributed by atoms with Crippen molar-refractivity contribution in [3.05, 3.63) is 85.8 Å². The van der Waals surface area contributed by atoms with Crippen LogP contribution < -0.4 is 10.6 Å². The fourth-order valence-electron chi connectivity index (χ4n) is 2.91. The Bertz CT molecular complexity index is 1240. The zero-order chi connectivity index (χ0) is 22.8. The molecule has 2 aromatic rings. The molecule has 10 nitrogen and oxygen atoms in total. The lowest BCUT2D eigenvalue weighted by molar-refractivity contribution is -0.419. The lowest BCUT2D eigenvalue weighted by atomic mass is 10.1. The van der Waals surface area contributed by atoms with E-state index < -0.39 is 31.8 Å². The Balaban J connectivity index is 2.16. The molecule has 0 bridgehead atoms. The van der Waals surface area contributed by atoms with Gasteiger partial charge in [0.2, 0.25) is 5.50 Å². The number of nitrogens with two attached hydrogens (primary N) is 1. The van der Waals surface area contributed by atoms with Crippen LogP contribution in [0.2, 0.25) is 0 Å². The van der Waals surface area contributed by atoms with E-state index in [2.05, 4.69) is 20.9 Å². The largest absolute Gasteiger partial charge is 0.434 e. The highest BCUT2D eigenvalue weighted by atomic mass is 79.9. The number of allylic oxidation sites excluding steroid dienone is 1. The summed E-state index contributed by atoms with van der Waals surface area (Å²) >= 11 is 3.23. The first-order valence-corrected chi connectivity index (χ1v) is 11.5. The molecule has 1 aliphatic rings. The molecule has 1 aliphatic heterocycles. The second-order valence-electron chi connectivity index (χ2n) is 6.60. The van der Waals surface area contributed by atoms with Crippen LogP contribution in [-0.2, 0) is 16.3 Å². The molecule has 3 rings (SSSR count). The average molecular weight is 506 g/mol. The maximum Gasteiger partial charge on any atom is 0.351 e. The number of hydrazine groups is 1. The van der Waals surface area contributed by atoms with E-state index in [0.717, 1.165) is 6.26 Å². The van der Waals surface area contributed by atoms with Crippen molar-refractivity contribution in [2.24, 2.45) is 10.8 Å². The molecular weight excluding hydrogens is 490 g/mol. The maximum absolute atomic E-state index is 12.3. The molecule has 12 heteroatoms. The zero-order valence-corrected chi connectivity index (χ0v) is 18.5. The summed E-state index contributed by atoms with van der Waals surface area (Å²) in [5.41, 5.74) is -1.37. The van der Waals surface area contributed by atoms with Crippen LogP contribution in [0.15, 0.2) is 69.6 Å². The van der Waals surface area contributed by atoms with Gasteiger partial charge in [0.05, 0.1) is 16.6 Å². The van der Waals surface area contributed by atoms with Gasteiger partial charge < -0.3 is 4.74 Å². The lowest BCUT2D eigenvalue weighted by Gasteiger charge is -2.30. The van der Waals surface area contributed by atoms with E-state index >= 15 is 0 Å². The number of aliphatic imine (C=N–C) groups is 1. The fourth-order valence-corrected chi connectivity index (χ4v) is 4.20. The first-order chi connectivity index (χ1) is 14.6. The summed E-state index contributed by atoms with van der Waals surface area (Å²) in [4.78, 5) is 15.3. The van der Waals surface area contributed by atoms with Crippen LogP contribution in [0.3, 0.4) is 0 Å². The molecule has 2 N–H and O–H groups in total. The number of halogens is 1. The Morgan fingerprint density at radius 2 is 2.00 bits per heavy atom. The van der Waals surface area contributed by atoms with Gasteiger partial charge in [-0.1, -0.05) is 46.3 Å².